The molecule has 0 aliphatic carbocycles. The van der Waals surface area contributed by atoms with Crippen molar-refractivity contribution in [1.82, 2.24) is 0 Å². The van der Waals surface area contributed by atoms with Gasteiger partial charge < -0.3 is 0 Å². The molecule has 0 saturated heterocycles. The van der Waals surface area contributed by atoms with E-state index in [1.54, 1.807) is 24.4 Å². The number of nitrogens with one attached hydrogen (secondary N) is 1. The van der Waals surface area contributed by atoms with Gasteiger partial charge in [0.15, 0.2) is 0 Å². The minimum absolute atomic E-state index is 0.491. The molecule has 0 aliphatic heterocycles. The van der Waals surface area contributed by atoms with Crippen LogP contribution in [0.3, 0.4) is 0 Å². The second-order valence-corrected chi connectivity index (χ2v) is 5.67. The Morgan fingerprint density at radius 2 is 1.80 bits per heavy atom. The maximum atomic E-state index is 5.92. The molecule has 0 fully saturated rings. The Balaban J connectivity index is 1.99. The molecule has 2 rings (SSSR count). The predicted molar refractivity (Wildman–Crippen MR) is 91.9 cm³/mol. The van der Waals surface area contributed by atoms with E-state index in [1.807, 2.05) is 36.4 Å². The Labute approximate surface area is 136 Å². The number of hydrazone groups is 1. The van der Waals surface area contributed by atoms with Gasteiger partial charge in [0.2, 0.25) is 0 Å². The Hall–Kier alpha value is -1.29. The summed E-state index contributed by atoms with van der Waals surface area (Å²) in [6.45, 7) is 0. The molecule has 20 heavy (non-hydrogen) atoms. The molecule has 0 aromatic heterocycles. The van der Waals surface area contributed by atoms with Crippen LogP contribution in [-0.4, -0.2) is 6.21 Å². The second kappa shape index (κ2) is 7.48. The van der Waals surface area contributed by atoms with Gasteiger partial charge in [-0.05, 0) is 45.8 Å². The lowest BCUT2D eigenvalue weighted by molar-refractivity contribution is 1.35. The molecule has 2 aromatic carbocycles. The first kappa shape index (κ1) is 15.1. The summed E-state index contributed by atoms with van der Waals surface area (Å²) in [5, 5.41) is 5.13. The summed E-state index contributed by atoms with van der Waals surface area (Å²) in [6.07, 6.45) is 3.65. The van der Waals surface area contributed by atoms with Crippen molar-refractivity contribution in [2.24, 2.45) is 5.10 Å². The number of rotatable bonds is 4. The van der Waals surface area contributed by atoms with E-state index in [0.29, 0.717) is 10.0 Å². The van der Waals surface area contributed by atoms with E-state index < -0.39 is 0 Å². The molecular weight excluding hydrogens is 359 g/mol. The zero-order chi connectivity index (χ0) is 14.4. The molecule has 0 heterocycles. The summed E-state index contributed by atoms with van der Waals surface area (Å²) in [6, 6.07) is 15.2. The van der Waals surface area contributed by atoms with Crippen LogP contribution in [0.25, 0.3) is 6.08 Å². The highest BCUT2D eigenvalue weighted by Crippen LogP contribution is 2.24. The molecule has 0 saturated carbocycles. The Bertz CT molecular complexity index is 640. The fourth-order valence-electron chi connectivity index (χ4n) is 1.48. The average molecular weight is 370 g/mol. The first-order chi connectivity index (χ1) is 9.65. The number of anilines is 1. The highest BCUT2D eigenvalue weighted by Gasteiger charge is 1.97. The van der Waals surface area contributed by atoms with Crippen LogP contribution in [0.1, 0.15) is 5.56 Å². The van der Waals surface area contributed by atoms with Crippen molar-refractivity contribution in [2.75, 3.05) is 5.43 Å². The van der Waals surface area contributed by atoms with E-state index in [4.69, 9.17) is 23.2 Å². The first-order valence-electron chi connectivity index (χ1n) is 5.81. The van der Waals surface area contributed by atoms with E-state index in [2.05, 4.69) is 26.5 Å². The summed E-state index contributed by atoms with van der Waals surface area (Å²) in [5.41, 5.74) is 4.76. The lowest BCUT2D eigenvalue weighted by Crippen LogP contribution is -1.89. The number of halogens is 3. The third-order valence-corrected chi connectivity index (χ3v) is 3.58. The molecule has 1 N–H and O–H groups in total. The number of hydrogen-bond donors (Lipinski definition) is 1. The zero-order valence-corrected chi connectivity index (χ0v) is 13.5. The van der Waals surface area contributed by atoms with Crippen LogP contribution >= 0.6 is 39.1 Å². The Morgan fingerprint density at radius 1 is 1.05 bits per heavy atom. The predicted octanol–water partition coefficient (Wildman–Crippen LogP) is 5.83. The molecule has 5 heteroatoms. The van der Waals surface area contributed by atoms with Crippen LogP contribution in [0.15, 0.2) is 58.1 Å². The van der Waals surface area contributed by atoms with Gasteiger partial charge in [0.05, 0.1) is 21.9 Å². The summed E-state index contributed by atoms with van der Waals surface area (Å²) >= 11 is 15.2. The largest absolute Gasteiger partial charge is 0.278 e. The van der Waals surface area contributed by atoms with Gasteiger partial charge >= 0.3 is 0 Å². The van der Waals surface area contributed by atoms with Crippen molar-refractivity contribution in [3.63, 3.8) is 0 Å². The second-order valence-electron chi connectivity index (χ2n) is 3.94. The van der Waals surface area contributed by atoms with Gasteiger partial charge in [-0.1, -0.05) is 53.5 Å². The third kappa shape index (κ3) is 4.67. The van der Waals surface area contributed by atoms with Crippen LogP contribution in [0.5, 0.6) is 0 Å². The zero-order valence-electron chi connectivity index (χ0n) is 10.4. The maximum absolute atomic E-state index is 5.92. The fraction of sp³-hybridized carbons (Fsp3) is 0. The van der Waals surface area contributed by atoms with Crippen LogP contribution in [0.4, 0.5) is 5.69 Å². The van der Waals surface area contributed by atoms with Gasteiger partial charge in [-0.15, -0.1) is 0 Å². The van der Waals surface area contributed by atoms with Gasteiger partial charge in [-0.25, -0.2) is 0 Å². The molecule has 0 amide bonds. The van der Waals surface area contributed by atoms with Crippen molar-refractivity contribution in [2.45, 2.75) is 0 Å². The summed E-state index contributed by atoms with van der Waals surface area (Å²) < 4.78 is 0.858. The molecule has 0 unspecified atom stereocenters. The standard InChI is InChI=1S/C15H11BrCl2N2/c16-12(8-11-4-2-1-3-5-11)10-19-20-13-6-7-14(17)15(18)9-13/h1-10,20H/b12-8-,19-10-. The highest BCUT2D eigenvalue weighted by atomic mass is 79.9. The van der Waals surface area contributed by atoms with Crippen LogP contribution in [0.2, 0.25) is 10.0 Å². The van der Waals surface area contributed by atoms with Crippen LogP contribution in [0, 0.1) is 0 Å². The van der Waals surface area contributed by atoms with Gasteiger partial charge in [0.1, 0.15) is 0 Å². The van der Waals surface area contributed by atoms with Crippen LogP contribution in [-0.2, 0) is 0 Å². The molecule has 0 atom stereocenters. The van der Waals surface area contributed by atoms with E-state index in [9.17, 15) is 0 Å². The fourth-order valence-corrected chi connectivity index (χ4v) is 2.14. The quantitative estimate of drug-likeness (QED) is 0.532. The average Bonchev–Trinajstić information content (AvgIpc) is 2.44. The van der Waals surface area contributed by atoms with Crippen molar-refractivity contribution in [3.05, 3.63) is 68.6 Å². The summed E-state index contributed by atoms with van der Waals surface area (Å²) in [5.74, 6) is 0. The molecule has 0 aliphatic rings. The minimum Gasteiger partial charge on any atom is -0.278 e. The van der Waals surface area contributed by atoms with Crippen molar-refractivity contribution < 1.29 is 0 Å². The van der Waals surface area contributed by atoms with Gasteiger partial charge in [-0.2, -0.15) is 5.10 Å². The van der Waals surface area contributed by atoms with Gasteiger partial charge in [0.25, 0.3) is 0 Å². The lowest BCUT2D eigenvalue weighted by Gasteiger charge is -2.01. The number of allylic oxidation sites excluding steroid dienone is 1. The molecule has 0 spiro atoms. The van der Waals surface area contributed by atoms with E-state index in [0.717, 1.165) is 15.7 Å². The van der Waals surface area contributed by atoms with E-state index in [-0.39, 0.29) is 0 Å². The monoisotopic (exact) mass is 368 g/mol. The molecule has 2 nitrogen and oxygen atoms in total. The number of nitrogens with zero attached hydrogens (tertiary/aromatic N) is 1. The lowest BCUT2D eigenvalue weighted by atomic mass is 10.2. The summed E-state index contributed by atoms with van der Waals surface area (Å²) in [7, 11) is 0. The van der Waals surface area contributed by atoms with Gasteiger partial charge in [-0.3, -0.25) is 5.43 Å². The van der Waals surface area contributed by atoms with Crippen molar-refractivity contribution in [1.29, 1.82) is 0 Å². The third-order valence-electron chi connectivity index (χ3n) is 2.41. The maximum Gasteiger partial charge on any atom is 0.0614 e. The summed E-state index contributed by atoms with van der Waals surface area (Å²) in [4.78, 5) is 0. The van der Waals surface area contributed by atoms with E-state index >= 15 is 0 Å². The molecule has 2 aromatic rings. The normalized spacial score (nSPS) is 11.8. The Morgan fingerprint density at radius 3 is 2.50 bits per heavy atom. The van der Waals surface area contributed by atoms with Crippen LogP contribution < -0.4 is 5.43 Å². The number of benzene rings is 2. The van der Waals surface area contributed by atoms with Gasteiger partial charge in [0, 0.05) is 4.48 Å². The molecule has 0 radical (unpaired) electrons. The van der Waals surface area contributed by atoms with Crippen molar-refractivity contribution in [3.8, 4) is 0 Å². The van der Waals surface area contributed by atoms with E-state index in [1.165, 1.54) is 0 Å². The van der Waals surface area contributed by atoms with Crippen molar-refractivity contribution >= 4 is 57.1 Å². The molecule has 102 valence electrons. The minimum atomic E-state index is 0.491. The smallest absolute Gasteiger partial charge is 0.0614 e. The number of hydrogen-bond acceptors (Lipinski definition) is 2. The SMILES string of the molecule is Clc1ccc(N/N=C\C(Br)=C\c2ccccc2)cc1Cl. The molecular formula is C15H11BrCl2N2. The highest BCUT2D eigenvalue weighted by molar-refractivity contribution is 9.12. The first-order valence-corrected chi connectivity index (χ1v) is 7.36. The topological polar surface area (TPSA) is 24.4 Å². The molecule has 0 bridgehead atoms. The Kier molecular flexibility index (Phi) is 5.65.